The number of nitrogens with zero attached hydrogens (tertiary/aromatic N) is 2. The molecule has 3 rings (SSSR count). The minimum atomic E-state index is -0.531. The molecule has 0 bridgehead atoms. The van der Waals surface area contributed by atoms with Crippen molar-refractivity contribution in [2.75, 3.05) is 11.9 Å². The molecule has 7 nitrogen and oxygen atoms in total. The SMILES string of the molecule is CCOc1ncccc1NC(=O)c1ccc(-c2ccncc2)[nH]c1=O. The van der Waals surface area contributed by atoms with E-state index in [-0.39, 0.29) is 5.56 Å². The summed E-state index contributed by atoms with van der Waals surface area (Å²) in [7, 11) is 0. The van der Waals surface area contributed by atoms with E-state index in [1.165, 1.54) is 6.07 Å². The van der Waals surface area contributed by atoms with Gasteiger partial charge in [0.15, 0.2) is 0 Å². The van der Waals surface area contributed by atoms with Gasteiger partial charge in [-0.15, -0.1) is 0 Å². The van der Waals surface area contributed by atoms with Crippen LogP contribution in [0.3, 0.4) is 0 Å². The first-order chi connectivity index (χ1) is 12.2. The normalized spacial score (nSPS) is 10.3. The van der Waals surface area contributed by atoms with E-state index in [1.54, 1.807) is 48.9 Å². The number of pyridine rings is 3. The summed E-state index contributed by atoms with van der Waals surface area (Å²) < 4.78 is 5.36. The zero-order valence-corrected chi connectivity index (χ0v) is 13.5. The van der Waals surface area contributed by atoms with Crippen LogP contribution >= 0.6 is 0 Å². The second kappa shape index (κ2) is 7.39. The third-order valence-electron chi connectivity index (χ3n) is 3.45. The molecule has 0 aromatic carbocycles. The molecule has 3 heterocycles. The number of nitrogens with one attached hydrogen (secondary N) is 2. The maximum absolute atomic E-state index is 12.4. The van der Waals surface area contributed by atoms with Crippen molar-refractivity contribution in [3.63, 3.8) is 0 Å². The van der Waals surface area contributed by atoms with Crippen LogP contribution in [-0.2, 0) is 0 Å². The van der Waals surface area contributed by atoms with Crippen molar-refractivity contribution < 1.29 is 9.53 Å². The first-order valence-corrected chi connectivity index (χ1v) is 7.72. The molecule has 2 N–H and O–H groups in total. The van der Waals surface area contributed by atoms with Gasteiger partial charge in [0.25, 0.3) is 11.5 Å². The highest BCUT2D eigenvalue weighted by Gasteiger charge is 2.14. The molecule has 0 atom stereocenters. The Kier molecular flexibility index (Phi) is 4.84. The lowest BCUT2D eigenvalue weighted by Gasteiger charge is -2.10. The van der Waals surface area contributed by atoms with Gasteiger partial charge < -0.3 is 15.0 Å². The third-order valence-corrected chi connectivity index (χ3v) is 3.45. The van der Waals surface area contributed by atoms with Crippen LogP contribution in [0.15, 0.2) is 59.8 Å². The Morgan fingerprint density at radius 2 is 1.96 bits per heavy atom. The summed E-state index contributed by atoms with van der Waals surface area (Å²) in [5.41, 5.74) is 1.36. The van der Waals surface area contributed by atoms with Crippen molar-refractivity contribution >= 4 is 11.6 Å². The lowest BCUT2D eigenvalue weighted by atomic mass is 10.1. The van der Waals surface area contributed by atoms with Gasteiger partial charge in [-0.2, -0.15) is 0 Å². The third kappa shape index (κ3) is 3.72. The smallest absolute Gasteiger partial charge is 0.261 e. The summed E-state index contributed by atoms with van der Waals surface area (Å²) >= 11 is 0. The quantitative estimate of drug-likeness (QED) is 0.746. The van der Waals surface area contributed by atoms with Gasteiger partial charge in [-0.05, 0) is 43.3 Å². The molecule has 3 aromatic rings. The maximum Gasteiger partial charge on any atom is 0.261 e. The molecular weight excluding hydrogens is 320 g/mol. The number of ether oxygens (including phenoxy) is 1. The number of hydrogen-bond donors (Lipinski definition) is 2. The Labute approximate surface area is 143 Å². The lowest BCUT2D eigenvalue weighted by Crippen LogP contribution is -2.23. The fourth-order valence-electron chi connectivity index (χ4n) is 2.28. The number of carbonyl (C=O) groups is 1. The minimum Gasteiger partial charge on any atom is -0.476 e. The predicted octanol–water partition coefficient (Wildman–Crippen LogP) is 2.48. The van der Waals surface area contributed by atoms with Crippen molar-refractivity contribution in [2.45, 2.75) is 6.92 Å². The van der Waals surface area contributed by atoms with Gasteiger partial charge in [-0.25, -0.2) is 4.98 Å². The largest absolute Gasteiger partial charge is 0.476 e. The number of rotatable bonds is 5. The first-order valence-electron chi connectivity index (χ1n) is 7.72. The molecule has 3 aromatic heterocycles. The first kappa shape index (κ1) is 16.4. The highest BCUT2D eigenvalue weighted by Crippen LogP contribution is 2.21. The van der Waals surface area contributed by atoms with Crippen LogP contribution in [0.4, 0.5) is 5.69 Å². The summed E-state index contributed by atoms with van der Waals surface area (Å²) in [5.74, 6) is -0.223. The molecule has 0 radical (unpaired) electrons. The van der Waals surface area contributed by atoms with E-state index in [2.05, 4.69) is 20.3 Å². The van der Waals surface area contributed by atoms with E-state index in [0.29, 0.717) is 23.9 Å². The Hall–Kier alpha value is -3.48. The summed E-state index contributed by atoms with van der Waals surface area (Å²) in [6.45, 7) is 2.24. The number of aromatic amines is 1. The summed E-state index contributed by atoms with van der Waals surface area (Å²) in [5, 5.41) is 2.66. The van der Waals surface area contributed by atoms with Crippen molar-refractivity contribution in [1.29, 1.82) is 0 Å². The van der Waals surface area contributed by atoms with E-state index >= 15 is 0 Å². The van der Waals surface area contributed by atoms with Gasteiger partial charge in [0.05, 0.1) is 6.61 Å². The van der Waals surface area contributed by atoms with E-state index in [0.717, 1.165) is 5.56 Å². The number of anilines is 1. The van der Waals surface area contributed by atoms with Gasteiger partial charge in [0.1, 0.15) is 11.3 Å². The minimum absolute atomic E-state index is 0.00380. The topological polar surface area (TPSA) is 97.0 Å². The van der Waals surface area contributed by atoms with Gasteiger partial charge in [0, 0.05) is 29.8 Å². The van der Waals surface area contributed by atoms with Crippen LogP contribution in [0.25, 0.3) is 11.3 Å². The standard InChI is InChI=1S/C18H16N4O3/c1-2-25-18-15(4-3-9-20-18)22-17(24)13-5-6-14(21-16(13)23)12-7-10-19-11-8-12/h3-11H,2H2,1H3,(H,21,23)(H,22,24). The zero-order chi connectivity index (χ0) is 17.6. The molecule has 0 unspecified atom stereocenters. The molecule has 0 aliphatic carbocycles. The molecule has 0 spiro atoms. The number of H-pyrrole nitrogens is 1. The fraction of sp³-hybridized carbons (Fsp3) is 0.111. The lowest BCUT2D eigenvalue weighted by molar-refractivity contribution is 0.102. The predicted molar refractivity (Wildman–Crippen MR) is 93.7 cm³/mol. The molecule has 0 fully saturated rings. The van der Waals surface area contributed by atoms with Gasteiger partial charge in [-0.3, -0.25) is 14.6 Å². The van der Waals surface area contributed by atoms with E-state index in [1.807, 2.05) is 6.92 Å². The maximum atomic E-state index is 12.4. The van der Waals surface area contributed by atoms with Crippen LogP contribution in [0.2, 0.25) is 0 Å². The number of amides is 1. The molecule has 7 heteroatoms. The van der Waals surface area contributed by atoms with E-state index < -0.39 is 11.5 Å². The zero-order valence-electron chi connectivity index (χ0n) is 13.5. The van der Waals surface area contributed by atoms with Gasteiger partial charge in [-0.1, -0.05) is 0 Å². The van der Waals surface area contributed by atoms with E-state index in [9.17, 15) is 9.59 Å². The average molecular weight is 336 g/mol. The van der Waals surface area contributed by atoms with Crippen molar-refractivity contribution in [3.05, 3.63) is 70.9 Å². The highest BCUT2D eigenvalue weighted by molar-refractivity contribution is 6.04. The molecular formula is C18H16N4O3. The van der Waals surface area contributed by atoms with Crippen molar-refractivity contribution in [1.82, 2.24) is 15.0 Å². The molecule has 25 heavy (non-hydrogen) atoms. The van der Waals surface area contributed by atoms with Crippen LogP contribution in [-0.4, -0.2) is 27.5 Å². The second-order valence-electron chi connectivity index (χ2n) is 5.09. The molecule has 0 saturated carbocycles. The van der Waals surface area contributed by atoms with Crippen molar-refractivity contribution in [3.8, 4) is 17.1 Å². The van der Waals surface area contributed by atoms with Crippen LogP contribution in [0.5, 0.6) is 5.88 Å². The summed E-state index contributed by atoms with van der Waals surface area (Å²) in [6.07, 6.45) is 4.83. The Morgan fingerprint density at radius 3 is 2.68 bits per heavy atom. The monoisotopic (exact) mass is 336 g/mol. The van der Waals surface area contributed by atoms with Crippen LogP contribution in [0, 0.1) is 0 Å². The number of aromatic nitrogens is 3. The molecule has 126 valence electrons. The van der Waals surface area contributed by atoms with E-state index in [4.69, 9.17) is 4.74 Å². The molecule has 0 aliphatic rings. The van der Waals surface area contributed by atoms with Crippen LogP contribution in [0.1, 0.15) is 17.3 Å². The molecule has 1 amide bonds. The highest BCUT2D eigenvalue weighted by atomic mass is 16.5. The Balaban J connectivity index is 1.85. The fourth-order valence-corrected chi connectivity index (χ4v) is 2.28. The summed E-state index contributed by atoms with van der Waals surface area (Å²) in [6, 6.07) is 10.0. The Bertz CT molecular complexity index is 938. The molecule has 0 saturated heterocycles. The van der Waals surface area contributed by atoms with Crippen molar-refractivity contribution in [2.24, 2.45) is 0 Å². The molecule has 0 aliphatic heterocycles. The number of carbonyl (C=O) groups excluding carboxylic acids is 1. The second-order valence-corrected chi connectivity index (χ2v) is 5.09. The van der Waals surface area contributed by atoms with Crippen LogP contribution < -0.4 is 15.6 Å². The van der Waals surface area contributed by atoms with Gasteiger partial charge >= 0.3 is 0 Å². The number of hydrogen-bond acceptors (Lipinski definition) is 5. The average Bonchev–Trinajstić information content (AvgIpc) is 2.64. The Morgan fingerprint density at radius 1 is 1.16 bits per heavy atom. The van der Waals surface area contributed by atoms with Gasteiger partial charge in [0.2, 0.25) is 5.88 Å². The summed E-state index contributed by atoms with van der Waals surface area (Å²) in [4.78, 5) is 35.4.